The number of imidazole rings is 1. The highest BCUT2D eigenvalue weighted by atomic mass is 32.1. The van der Waals surface area contributed by atoms with Crippen molar-refractivity contribution in [1.82, 2.24) is 15.0 Å². The van der Waals surface area contributed by atoms with Crippen molar-refractivity contribution in [2.45, 2.75) is 0 Å². The van der Waals surface area contributed by atoms with Gasteiger partial charge in [0.15, 0.2) is 5.13 Å². The smallest absolute Gasteiger partial charge is 0.187 e. The molecule has 128 valence electrons. The summed E-state index contributed by atoms with van der Waals surface area (Å²) in [5.74, 6) is 0. The first-order valence-electron chi connectivity index (χ1n) is 8.38. The Labute approximate surface area is 154 Å². The van der Waals surface area contributed by atoms with Crippen molar-refractivity contribution in [1.29, 1.82) is 0 Å². The normalized spacial score (nSPS) is 13.6. The molecule has 0 radical (unpaired) electrons. The van der Waals surface area contributed by atoms with Gasteiger partial charge in [-0.1, -0.05) is 12.1 Å². The summed E-state index contributed by atoms with van der Waals surface area (Å²) in [6.45, 7) is 1.82. The molecule has 7 heteroatoms. The zero-order valence-corrected chi connectivity index (χ0v) is 14.7. The van der Waals surface area contributed by atoms with E-state index in [1.54, 1.807) is 17.7 Å². The van der Waals surface area contributed by atoms with Gasteiger partial charge in [-0.25, -0.2) is 9.97 Å². The summed E-state index contributed by atoms with van der Waals surface area (Å²) in [6.07, 6.45) is 3.60. The summed E-state index contributed by atoms with van der Waals surface area (Å²) in [5.41, 5.74) is 6.20. The lowest BCUT2D eigenvalue weighted by atomic mass is 10.1. The van der Waals surface area contributed by atoms with E-state index in [4.69, 9.17) is 4.98 Å². The van der Waals surface area contributed by atoms with Crippen molar-refractivity contribution in [3.05, 3.63) is 54.2 Å². The molecule has 0 saturated heterocycles. The largest absolute Gasteiger partial charge is 0.345 e. The molecule has 0 spiro atoms. The number of hydrogen-bond acceptors (Lipinski definition) is 6. The molecule has 1 aliphatic rings. The Bertz CT molecular complexity index is 1080. The number of rotatable bonds is 4. The molecule has 3 heterocycles. The van der Waals surface area contributed by atoms with Crippen molar-refractivity contribution in [2.24, 2.45) is 4.99 Å². The highest BCUT2D eigenvalue weighted by Crippen LogP contribution is 2.29. The molecule has 0 atom stereocenters. The Hall–Kier alpha value is -3.19. The minimum absolute atomic E-state index is 0.868. The van der Waals surface area contributed by atoms with Gasteiger partial charge < -0.3 is 15.2 Å². The number of thiazole rings is 1. The topological polar surface area (TPSA) is 69.2 Å². The van der Waals surface area contributed by atoms with Gasteiger partial charge in [0, 0.05) is 28.9 Å². The van der Waals surface area contributed by atoms with E-state index >= 15 is 0 Å². The van der Waals surface area contributed by atoms with E-state index in [1.807, 2.05) is 24.5 Å². The molecule has 26 heavy (non-hydrogen) atoms. The summed E-state index contributed by atoms with van der Waals surface area (Å²) < 4.78 is 0. The van der Waals surface area contributed by atoms with E-state index in [2.05, 4.69) is 54.8 Å². The molecule has 0 amide bonds. The first-order chi connectivity index (χ1) is 12.8. The number of fused-ring (bicyclic) bond motifs is 1. The van der Waals surface area contributed by atoms with E-state index in [-0.39, 0.29) is 0 Å². The summed E-state index contributed by atoms with van der Waals surface area (Å²) in [7, 11) is 0. The standard InChI is InChI=1S/C19H16N6S/c1-4-15(25-8-7-20-12-25)5-2-13(1)18-10-26-19(24-18)23-14-3-6-16-17(9-14)22-11-21-16/h1-6,9-12H,7-8H2,(H,21,22)(H,23,24). The van der Waals surface area contributed by atoms with Crippen LogP contribution in [0, 0.1) is 0 Å². The maximum atomic E-state index is 4.71. The van der Waals surface area contributed by atoms with Gasteiger partial charge >= 0.3 is 0 Å². The fourth-order valence-corrected chi connectivity index (χ4v) is 3.74. The first-order valence-corrected chi connectivity index (χ1v) is 9.26. The number of hydrogen-bond donors (Lipinski definition) is 2. The number of H-pyrrole nitrogens is 1. The number of nitrogens with one attached hydrogen (secondary N) is 2. The third kappa shape index (κ3) is 2.82. The van der Waals surface area contributed by atoms with Gasteiger partial charge in [-0.3, -0.25) is 4.99 Å². The monoisotopic (exact) mass is 360 g/mol. The molecule has 6 nitrogen and oxygen atoms in total. The van der Waals surface area contributed by atoms with Crippen molar-refractivity contribution < 1.29 is 0 Å². The van der Waals surface area contributed by atoms with Gasteiger partial charge in [0.05, 0.1) is 35.9 Å². The van der Waals surface area contributed by atoms with Crippen LogP contribution in [0.1, 0.15) is 0 Å². The molecule has 0 bridgehead atoms. The highest BCUT2D eigenvalue weighted by Gasteiger charge is 2.10. The molecule has 2 aromatic heterocycles. The molecular weight excluding hydrogens is 344 g/mol. The van der Waals surface area contributed by atoms with Gasteiger partial charge in [-0.2, -0.15) is 0 Å². The van der Waals surface area contributed by atoms with E-state index in [1.165, 1.54) is 0 Å². The van der Waals surface area contributed by atoms with Crippen LogP contribution in [0.2, 0.25) is 0 Å². The van der Waals surface area contributed by atoms with Crippen molar-refractivity contribution in [2.75, 3.05) is 23.3 Å². The predicted octanol–water partition coefficient (Wildman–Crippen LogP) is 4.28. The van der Waals surface area contributed by atoms with E-state index in [9.17, 15) is 0 Å². The van der Waals surface area contributed by atoms with Gasteiger partial charge in [-0.05, 0) is 30.3 Å². The molecule has 4 aromatic rings. The van der Waals surface area contributed by atoms with Gasteiger partial charge in [0.2, 0.25) is 0 Å². The van der Waals surface area contributed by atoms with Crippen LogP contribution in [0.15, 0.2) is 59.2 Å². The zero-order valence-electron chi connectivity index (χ0n) is 13.9. The molecule has 0 saturated carbocycles. The summed E-state index contributed by atoms with van der Waals surface area (Å²) >= 11 is 1.60. The summed E-state index contributed by atoms with van der Waals surface area (Å²) in [4.78, 5) is 18.5. The van der Waals surface area contributed by atoms with Crippen LogP contribution in [0.25, 0.3) is 22.3 Å². The van der Waals surface area contributed by atoms with Gasteiger partial charge in [0.1, 0.15) is 0 Å². The Morgan fingerprint density at radius 1 is 1.12 bits per heavy atom. The predicted molar refractivity (Wildman–Crippen MR) is 108 cm³/mol. The second-order valence-corrected chi connectivity index (χ2v) is 6.92. The van der Waals surface area contributed by atoms with Gasteiger partial charge in [0.25, 0.3) is 0 Å². The van der Waals surface area contributed by atoms with Crippen LogP contribution >= 0.6 is 11.3 Å². The number of nitrogens with zero attached hydrogens (tertiary/aromatic N) is 4. The van der Waals surface area contributed by atoms with Crippen LogP contribution < -0.4 is 10.2 Å². The third-order valence-corrected chi connectivity index (χ3v) is 5.12. The second-order valence-electron chi connectivity index (χ2n) is 6.06. The Morgan fingerprint density at radius 3 is 2.88 bits per heavy atom. The Kier molecular flexibility index (Phi) is 3.64. The average molecular weight is 360 g/mol. The molecule has 0 unspecified atom stereocenters. The molecule has 0 aliphatic carbocycles. The lowest BCUT2D eigenvalue weighted by molar-refractivity contribution is 1.02. The first kappa shape index (κ1) is 15.1. The van der Waals surface area contributed by atoms with Crippen LogP contribution in [0.4, 0.5) is 16.5 Å². The lowest BCUT2D eigenvalue weighted by Crippen LogP contribution is -2.17. The number of aliphatic imine (C=N–C) groups is 1. The fraction of sp³-hybridized carbons (Fsp3) is 0.105. The zero-order chi connectivity index (χ0) is 17.3. The number of anilines is 3. The highest BCUT2D eigenvalue weighted by molar-refractivity contribution is 7.14. The SMILES string of the molecule is C1=NCCN1c1ccc(-c2csc(Nc3ccc4nc[nH]c4c3)n2)cc1. The summed E-state index contributed by atoms with van der Waals surface area (Å²) in [5, 5.41) is 6.31. The molecule has 0 fully saturated rings. The molecule has 1 aliphatic heterocycles. The van der Waals surface area contributed by atoms with Crippen molar-refractivity contribution >= 4 is 45.2 Å². The van der Waals surface area contributed by atoms with Crippen LogP contribution in [0.3, 0.4) is 0 Å². The number of aromatic nitrogens is 3. The van der Waals surface area contributed by atoms with E-state index in [0.717, 1.165) is 51.9 Å². The number of benzene rings is 2. The van der Waals surface area contributed by atoms with Crippen LogP contribution in [-0.2, 0) is 0 Å². The molecule has 2 N–H and O–H groups in total. The minimum Gasteiger partial charge on any atom is -0.345 e. The maximum Gasteiger partial charge on any atom is 0.187 e. The molecule has 2 aromatic carbocycles. The van der Waals surface area contributed by atoms with Crippen LogP contribution in [0.5, 0.6) is 0 Å². The lowest BCUT2D eigenvalue weighted by Gasteiger charge is -2.13. The minimum atomic E-state index is 0.868. The van der Waals surface area contributed by atoms with Crippen LogP contribution in [-0.4, -0.2) is 34.4 Å². The Morgan fingerprint density at radius 2 is 2.04 bits per heavy atom. The second kappa shape index (κ2) is 6.27. The van der Waals surface area contributed by atoms with E-state index in [0.29, 0.717) is 0 Å². The van der Waals surface area contributed by atoms with Crippen molar-refractivity contribution in [3.8, 4) is 11.3 Å². The van der Waals surface area contributed by atoms with E-state index < -0.39 is 0 Å². The quantitative estimate of drug-likeness (QED) is 0.570. The maximum absolute atomic E-state index is 4.71. The Balaban J connectivity index is 1.35. The third-order valence-electron chi connectivity index (χ3n) is 4.36. The fourth-order valence-electron chi connectivity index (χ4n) is 3.00. The van der Waals surface area contributed by atoms with Gasteiger partial charge in [-0.15, -0.1) is 11.3 Å². The van der Waals surface area contributed by atoms with Crippen molar-refractivity contribution in [3.63, 3.8) is 0 Å². The number of aromatic amines is 1. The molecule has 5 rings (SSSR count). The summed E-state index contributed by atoms with van der Waals surface area (Å²) in [6, 6.07) is 14.5. The average Bonchev–Trinajstić information content (AvgIpc) is 3.43. The molecular formula is C19H16N6S.